The summed E-state index contributed by atoms with van der Waals surface area (Å²) in [6.45, 7) is 9.53. The quantitative estimate of drug-likeness (QED) is 0.349. The van der Waals surface area contributed by atoms with Crippen LogP contribution in [0.1, 0.15) is 36.9 Å². The molecule has 1 amide bonds. The standard InChI is InChI=1S/C30H32ClN7O3/c1-4-22(39)37-13-18-14-41-28-27(38(18)12-16(37)3)19-11-20(31)26(33-29(19)36(10-9-32)30(28)40)23-15(2)5-8-21-24(23)25(35-34-21)17-6-7-17/h4-5,8,11,16-18H,1,6-7,9-10,12-14,32H2,2-3H3,(H,34,35). The number of H-pyrrole nitrogens is 1. The van der Waals surface area contributed by atoms with Crippen LogP contribution in [-0.2, 0) is 11.3 Å². The van der Waals surface area contributed by atoms with E-state index in [4.69, 9.17) is 27.1 Å². The Morgan fingerprint density at radius 3 is 2.85 bits per heavy atom. The van der Waals surface area contributed by atoms with Crippen LogP contribution in [0.2, 0.25) is 5.02 Å². The van der Waals surface area contributed by atoms with Crippen LogP contribution in [0, 0.1) is 6.92 Å². The first kappa shape index (κ1) is 26.0. The predicted octanol–water partition coefficient (Wildman–Crippen LogP) is 3.72. The summed E-state index contributed by atoms with van der Waals surface area (Å²) in [5.74, 6) is 0.580. The molecule has 1 saturated carbocycles. The molecule has 2 unspecified atom stereocenters. The van der Waals surface area contributed by atoms with E-state index in [1.165, 1.54) is 6.08 Å². The fourth-order valence-electron chi connectivity index (χ4n) is 6.49. The van der Waals surface area contributed by atoms with Crippen LogP contribution in [0.3, 0.4) is 0 Å². The lowest BCUT2D eigenvalue weighted by Crippen LogP contribution is -2.62. The molecule has 2 fully saturated rings. The smallest absolute Gasteiger partial charge is 0.296 e. The summed E-state index contributed by atoms with van der Waals surface area (Å²) in [5, 5.41) is 10.1. The van der Waals surface area contributed by atoms with Crippen LogP contribution in [0.15, 0.2) is 35.6 Å². The molecule has 1 aromatic carbocycles. The number of benzene rings is 1. The number of anilines is 1. The molecular formula is C30H32ClN7O3. The van der Waals surface area contributed by atoms with E-state index in [0.29, 0.717) is 41.1 Å². The van der Waals surface area contributed by atoms with Crippen LogP contribution in [0.4, 0.5) is 5.69 Å². The average Bonchev–Trinajstić information content (AvgIpc) is 3.72. The number of carbonyl (C=O) groups excluding carboxylic acids is 1. The van der Waals surface area contributed by atoms with Crippen LogP contribution in [-0.4, -0.2) is 68.9 Å². The highest BCUT2D eigenvalue weighted by Gasteiger charge is 2.40. The molecule has 11 heteroatoms. The molecule has 0 radical (unpaired) electrons. The van der Waals surface area contributed by atoms with Gasteiger partial charge in [0.25, 0.3) is 5.56 Å². The van der Waals surface area contributed by atoms with E-state index in [0.717, 1.165) is 46.0 Å². The maximum absolute atomic E-state index is 13.9. The van der Waals surface area contributed by atoms with Crippen molar-refractivity contribution < 1.29 is 9.53 Å². The van der Waals surface area contributed by atoms with Gasteiger partial charge in [-0.1, -0.05) is 24.2 Å². The third-order valence-corrected chi connectivity index (χ3v) is 8.94. The zero-order valence-corrected chi connectivity index (χ0v) is 23.9. The number of aromatic nitrogens is 4. The minimum Gasteiger partial charge on any atom is -0.484 e. The topological polar surface area (TPSA) is 122 Å². The highest BCUT2D eigenvalue weighted by Crippen LogP contribution is 2.47. The Balaban J connectivity index is 1.46. The summed E-state index contributed by atoms with van der Waals surface area (Å²) in [6, 6.07) is 5.76. The first-order valence-electron chi connectivity index (χ1n) is 14.1. The number of hydrogen-bond donors (Lipinski definition) is 2. The molecule has 7 rings (SSSR count). The van der Waals surface area contributed by atoms with E-state index in [9.17, 15) is 9.59 Å². The third-order valence-electron chi connectivity index (χ3n) is 8.65. The van der Waals surface area contributed by atoms with Crippen LogP contribution in [0.5, 0.6) is 5.75 Å². The second kappa shape index (κ2) is 9.60. The Labute approximate surface area is 241 Å². The van der Waals surface area contributed by atoms with Crippen molar-refractivity contribution in [2.24, 2.45) is 5.73 Å². The molecule has 4 aromatic rings. The molecule has 41 heavy (non-hydrogen) atoms. The Hall–Kier alpha value is -3.89. The molecular weight excluding hydrogens is 542 g/mol. The molecule has 3 N–H and O–H groups in total. The number of halogens is 1. The lowest BCUT2D eigenvalue weighted by molar-refractivity contribution is -0.129. The molecule has 1 saturated heterocycles. The van der Waals surface area contributed by atoms with Gasteiger partial charge in [0.1, 0.15) is 12.3 Å². The van der Waals surface area contributed by atoms with Crippen molar-refractivity contribution in [2.45, 2.75) is 51.2 Å². The number of aryl methyl sites for hydroxylation is 1. The normalized spacial score (nSPS) is 20.2. The highest BCUT2D eigenvalue weighted by atomic mass is 35.5. The number of fused-ring (bicyclic) bond motifs is 6. The van der Waals surface area contributed by atoms with Crippen molar-refractivity contribution in [1.82, 2.24) is 24.6 Å². The Morgan fingerprint density at radius 1 is 1.32 bits per heavy atom. The molecule has 2 atom stereocenters. The second-order valence-electron chi connectivity index (χ2n) is 11.3. The fourth-order valence-corrected chi connectivity index (χ4v) is 6.73. The second-order valence-corrected chi connectivity index (χ2v) is 11.7. The van der Waals surface area contributed by atoms with Crippen molar-refractivity contribution >= 4 is 45.1 Å². The van der Waals surface area contributed by atoms with Crippen LogP contribution in [0.25, 0.3) is 33.2 Å². The van der Waals surface area contributed by atoms with Gasteiger partial charge in [-0.25, -0.2) is 4.98 Å². The molecule has 1 aliphatic carbocycles. The van der Waals surface area contributed by atoms with Gasteiger partial charge in [-0.05, 0) is 50.5 Å². The number of nitrogens with one attached hydrogen (secondary N) is 1. The van der Waals surface area contributed by atoms with Crippen LogP contribution < -0.4 is 20.9 Å². The van der Waals surface area contributed by atoms with E-state index >= 15 is 0 Å². The van der Waals surface area contributed by atoms with E-state index in [-0.39, 0.29) is 49.0 Å². The highest BCUT2D eigenvalue weighted by molar-refractivity contribution is 6.34. The van der Waals surface area contributed by atoms with Gasteiger partial charge < -0.3 is 20.3 Å². The third kappa shape index (κ3) is 3.95. The monoisotopic (exact) mass is 573 g/mol. The average molecular weight is 574 g/mol. The molecule has 0 spiro atoms. The number of hydrogen-bond acceptors (Lipinski definition) is 7. The SMILES string of the molecule is C=CC(=O)N1CC2COc3c(c4cc(Cl)c(-c5c(C)ccc6[nH]nc(C7CC7)c56)nc4n(CCN)c3=O)N2CC1C. The number of amides is 1. The van der Waals surface area contributed by atoms with Gasteiger partial charge in [0.15, 0.2) is 0 Å². The summed E-state index contributed by atoms with van der Waals surface area (Å²) >= 11 is 7.10. The molecule has 3 aliphatic rings. The molecule has 212 valence electrons. The molecule has 0 bridgehead atoms. The Kier molecular flexibility index (Phi) is 6.09. The molecule has 3 aromatic heterocycles. The zero-order chi connectivity index (χ0) is 28.6. The van der Waals surface area contributed by atoms with Crippen molar-refractivity contribution in [3.05, 3.63) is 57.5 Å². The fraction of sp³-hybridized carbons (Fsp3) is 0.400. The van der Waals surface area contributed by atoms with Gasteiger partial charge in [-0.15, -0.1) is 0 Å². The van der Waals surface area contributed by atoms with E-state index in [2.05, 4.69) is 21.7 Å². The predicted molar refractivity (Wildman–Crippen MR) is 160 cm³/mol. The van der Waals surface area contributed by atoms with Crippen molar-refractivity contribution in [2.75, 3.05) is 31.1 Å². The van der Waals surface area contributed by atoms with Gasteiger partial charge in [0, 0.05) is 54.5 Å². The number of piperazine rings is 1. The lowest BCUT2D eigenvalue weighted by atomic mass is 9.97. The number of aromatic amines is 1. The number of pyridine rings is 2. The molecule has 10 nitrogen and oxygen atoms in total. The van der Waals surface area contributed by atoms with Crippen LogP contribution >= 0.6 is 11.6 Å². The summed E-state index contributed by atoms with van der Waals surface area (Å²) in [6.07, 6.45) is 3.56. The summed E-state index contributed by atoms with van der Waals surface area (Å²) in [7, 11) is 0. The van der Waals surface area contributed by atoms with Crippen molar-refractivity contribution in [1.29, 1.82) is 0 Å². The number of nitrogens with two attached hydrogens (primary N) is 1. The molecule has 2 aliphatic heterocycles. The van der Waals surface area contributed by atoms with Gasteiger partial charge in [0.2, 0.25) is 11.7 Å². The minimum absolute atomic E-state index is 0.0888. The van der Waals surface area contributed by atoms with E-state index < -0.39 is 0 Å². The Morgan fingerprint density at radius 2 is 2.12 bits per heavy atom. The van der Waals surface area contributed by atoms with Gasteiger partial charge in [-0.3, -0.25) is 19.3 Å². The number of rotatable bonds is 5. The van der Waals surface area contributed by atoms with Crippen molar-refractivity contribution in [3.8, 4) is 17.0 Å². The summed E-state index contributed by atoms with van der Waals surface area (Å²) in [4.78, 5) is 35.5. The Bertz CT molecular complexity index is 1810. The maximum atomic E-state index is 13.9. The maximum Gasteiger partial charge on any atom is 0.296 e. The van der Waals surface area contributed by atoms with Gasteiger partial charge >= 0.3 is 0 Å². The van der Waals surface area contributed by atoms with E-state index in [1.807, 2.05) is 32.0 Å². The first-order chi connectivity index (χ1) is 19.8. The zero-order valence-electron chi connectivity index (χ0n) is 23.1. The molecule has 5 heterocycles. The van der Waals surface area contributed by atoms with Crippen molar-refractivity contribution in [3.63, 3.8) is 0 Å². The number of ether oxygens (including phenoxy) is 1. The van der Waals surface area contributed by atoms with Gasteiger partial charge in [-0.2, -0.15) is 5.10 Å². The number of carbonyl (C=O) groups is 1. The lowest BCUT2D eigenvalue weighted by Gasteiger charge is -2.48. The minimum atomic E-state index is -0.272. The largest absolute Gasteiger partial charge is 0.484 e. The first-order valence-corrected chi connectivity index (χ1v) is 14.5. The number of nitrogens with zero attached hydrogens (tertiary/aromatic N) is 5. The summed E-state index contributed by atoms with van der Waals surface area (Å²) in [5.41, 5.74) is 11.4. The summed E-state index contributed by atoms with van der Waals surface area (Å²) < 4.78 is 7.72. The van der Waals surface area contributed by atoms with Gasteiger partial charge in [0.05, 0.1) is 33.7 Å². The van der Waals surface area contributed by atoms with E-state index in [1.54, 1.807) is 9.47 Å².